The van der Waals surface area contributed by atoms with Gasteiger partial charge in [-0.25, -0.2) is 4.98 Å². The number of H-pyrrole nitrogens is 1. The summed E-state index contributed by atoms with van der Waals surface area (Å²) in [4.78, 5) is 19.7. The van der Waals surface area contributed by atoms with Crippen molar-refractivity contribution in [1.82, 2.24) is 9.97 Å². The third kappa shape index (κ3) is 2.03. The van der Waals surface area contributed by atoms with Crippen LogP contribution in [0.4, 0.5) is 11.4 Å². The number of imidazole rings is 1. The Hall–Kier alpha value is -3.02. The molecule has 23 heavy (non-hydrogen) atoms. The van der Waals surface area contributed by atoms with Crippen LogP contribution >= 0.6 is 0 Å². The van der Waals surface area contributed by atoms with E-state index in [2.05, 4.69) is 15.3 Å². The monoisotopic (exact) mass is 308 g/mol. The molecule has 0 radical (unpaired) electrons. The highest BCUT2D eigenvalue weighted by atomic mass is 16.5. The first kappa shape index (κ1) is 13.6. The summed E-state index contributed by atoms with van der Waals surface area (Å²) in [7, 11) is 1.60. The minimum atomic E-state index is -0.146. The number of nitrogens with one attached hydrogen (secondary N) is 2. The molecule has 0 bridgehead atoms. The fraction of sp³-hybridized carbons (Fsp3) is 0.176. The highest BCUT2D eigenvalue weighted by Crippen LogP contribution is 2.37. The van der Waals surface area contributed by atoms with E-state index in [0.29, 0.717) is 17.3 Å². The molecule has 2 heterocycles. The van der Waals surface area contributed by atoms with Crippen molar-refractivity contribution in [2.75, 3.05) is 18.2 Å². The van der Waals surface area contributed by atoms with Crippen LogP contribution in [-0.2, 0) is 4.79 Å². The van der Waals surface area contributed by atoms with Gasteiger partial charge in [-0.15, -0.1) is 0 Å². The van der Waals surface area contributed by atoms with Crippen LogP contribution in [0.5, 0.6) is 5.75 Å². The second kappa shape index (κ2) is 4.74. The predicted molar refractivity (Wildman–Crippen MR) is 89.5 cm³/mol. The molecule has 2 aromatic carbocycles. The average molecular weight is 308 g/mol. The van der Waals surface area contributed by atoms with E-state index in [4.69, 9.17) is 10.5 Å². The SMILES string of the molecule is COc1cc(N)ccc1-c1nc2cc3c(cc2[nH]1)C(C)C(=O)N3. The summed E-state index contributed by atoms with van der Waals surface area (Å²) in [5.41, 5.74) is 10.8. The van der Waals surface area contributed by atoms with E-state index in [1.807, 2.05) is 31.2 Å². The van der Waals surface area contributed by atoms with Gasteiger partial charge in [0.2, 0.25) is 5.91 Å². The number of methoxy groups -OCH3 is 1. The minimum absolute atomic E-state index is 0.0214. The standard InChI is InChI=1S/C17H16N4O2/c1-8-11-6-13-14(7-12(11)21-17(8)22)20-16(19-13)10-4-3-9(18)5-15(10)23-2/h3-8H,18H2,1-2H3,(H,19,20)(H,21,22). The molecule has 6 nitrogen and oxygen atoms in total. The number of nitrogens with two attached hydrogens (primary N) is 1. The molecule has 1 atom stereocenters. The van der Waals surface area contributed by atoms with Gasteiger partial charge in [0.25, 0.3) is 0 Å². The first-order valence-electron chi connectivity index (χ1n) is 7.35. The molecule has 0 aliphatic carbocycles. The molecule has 4 N–H and O–H groups in total. The Labute approximate surface area is 132 Å². The molecule has 0 saturated carbocycles. The van der Waals surface area contributed by atoms with E-state index >= 15 is 0 Å². The van der Waals surface area contributed by atoms with E-state index in [0.717, 1.165) is 27.8 Å². The quantitative estimate of drug-likeness (QED) is 0.635. The van der Waals surface area contributed by atoms with Crippen LogP contribution in [0.25, 0.3) is 22.4 Å². The zero-order valence-electron chi connectivity index (χ0n) is 12.8. The maximum atomic E-state index is 11.8. The van der Waals surface area contributed by atoms with Crippen LogP contribution in [0.2, 0.25) is 0 Å². The molecule has 1 aliphatic heterocycles. The number of aromatic amines is 1. The fourth-order valence-corrected chi connectivity index (χ4v) is 2.95. The number of carbonyl (C=O) groups excluding carboxylic acids is 1. The van der Waals surface area contributed by atoms with E-state index in [-0.39, 0.29) is 11.8 Å². The Morgan fingerprint density at radius 2 is 2.09 bits per heavy atom. The minimum Gasteiger partial charge on any atom is -0.496 e. The third-order valence-corrected chi connectivity index (χ3v) is 4.25. The van der Waals surface area contributed by atoms with Crippen molar-refractivity contribution < 1.29 is 9.53 Å². The lowest BCUT2D eigenvalue weighted by Crippen LogP contribution is -2.08. The number of hydrogen-bond acceptors (Lipinski definition) is 4. The van der Waals surface area contributed by atoms with Gasteiger partial charge in [0.15, 0.2) is 0 Å². The topological polar surface area (TPSA) is 93.0 Å². The molecule has 3 aromatic rings. The van der Waals surface area contributed by atoms with Gasteiger partial charge in [0.1, 0.15) is 11.6 Å². The van der Waals surface area contributed by atoms with Crippen LogP contribution in [0.15, 0.2) is 30.3 Å². The zero-order valence-corrected chi connectivity index (χ0v) is 12.8. The summed E-state index contributed by atoms with van der Waals surface area (Å²) in [6.45, 7) is 1.90. The summed E-state index contributed by atoms with van der Waals surface area (Å²) in [5, 5.41) is 2.88. The highest BCUT2D eigenvalue weighted by molar-refractivity contribution is 6.05. The van der Waals surface area contributed by atoms with E-state index in [1.54, 1.807) is 13.2 Å². The first-order valence-corrected chi connectivity index (χ1v) is 7.35. The number of benzene rings is 2. The third-order valence-electron chi connectivity index (χ3n) is 4.25. The number of nitrogens with zero attached hydrogens (tertiary/aromatic N) is 1. The Morgan fingerprint density at radius 1 is 1.26 bits per heavy atom. The van der Waals surface area contributed by atoms with E-state index < -0.39 is 0 Å². The molecular formula is C17H16N4O2. The lowest BCUT2D eigenvalue weighted by Gasteiger charge is -2.06. The van der Waals surface area contributed by atoms with Crippen molar-refractivity contribution in [1.29, 1.82) is 0 Å². The largest absolute Gasteiger partial charge is 0.496 e. The Kier molecular flexibility index (Phi) is 2.81. The Bertz CT molecular complexity index is 945. The van der Waals surface area contributed by atoms with Gasteiger partial charge in [0.05, 0.1) is 29.6 Å². The number of nitrogen functional groups attached to an aromatic ring is 1. The average Bonchev–Trinajstić information content (AvgIpc) is 3.06. The van der Waals surface area contributed by atoms with Crippen molar-refractivity contribution >= 4 is 28.3 Å². The lowest BCUT2D eigenvalue weighted by molar-refractivity contribution is -0.116. The van der Waals surface area contributed by atoms with Gasteiger partial charge in [-0.2, -0.15) is 0 Å². The number of ether oxygens (including phenoxy) is 1. The number of fused-ring (bicyclic) bond motifs is 2. The molecule has 0 spiro atoms. The second-order valence-electron chi connectivity index (χ2n) is 5.71. The van der Waals surface area contributed by atoms with Crippen LogP contribution in [0.1, 0.15) is 18.4 Å². The van der Waals surface area contributed by atoms with Crippen molar-refractivity contribution in [2.45, 2.75) is 12.8 Å². The number of carbonyl (C=O) groups is 1. The summed E-state index contributed by atoms with van der Waals surface area (Å²) in [6, 6.07) is 9.34. The van der Waals surface area contributed by atoms with Crippen LogP contribution in [0, 0.1) is 0 Å². The number of amides is 1. The molecule has 6 heteroatoms. The van der Waals surface area contributed by atoms with Gasteiger partial charge in [0, 0.05) is 17.4 Å². The molecule has 1 aromatic heterocycles. The smallest absolute Gasteiger partial charge is 0.231 e. The number of aromatic nitrogens is 2. The number of anilines is 2. The van der Waals surface area contributed by atoms with Gasteiger partial charge in [-0.1, -0.05) is 0 Å². The summed E-state index contributed by atoms with van der Waals surface area (Å²) >= 11 is 0. The van der Waals surface area contributed by atoms with Crippen LogP contribution in [0.3, 0.4) is 0 Å². The lowest BCUT2D eigenvalue weighted by atomic mass is 10.0. The van der Waals surface area contributed by atoms with Gasteiger partial charge < -0.3 is 20.8 Å². The molecule has 116 valence electrons. The maximum Gasteiger partial charge on any atom is 0.231 e. The number of hydrogen-bond donors (Lipinski definition) is 3. The molecule has 1 aliphatic rings. The summed E-state index contributed by atoms with van der Waals surface area (Å²) < 4.78 is 5.39. The van der Waals surface area contributed by atoms with Crippen LogP contribution in [-0.4, -0.2) is 23.0 Å². The van der Waals surface area contributed by atoms with Crippen molar-refractivity contribution in [3.05, 3.63) is 35.9 Å². The van der Waals surface area contributed by atoms with E-state index in [9.17, 15) is 4.79 Å². The second-order valence-corrected chi connectivity index (χ2v) is 5.71. The summed E-state index contributed by atoms with van der Waals surface area (Å²) in [5.74, 6) is 1.25. The molecule has 0 saturated heterocycles. The van der Waals surface area contributed by atoms with Crippen molar-refractivity contribution in [2.24, 2.45) is 0 Å². The van der Waals surface area contributed by atoms with Crippen molar-refractivity contribution in [3.63, 3.8) is 0 Å². The first-order chi connectivity index (χ1) is 11.1. The Morgan fingerprint density at radius 3 is 2.87 bits per heavy atom. The number of rotatable bonds is 2. The Balaban J connectivity index is 1.87. The molecule has 0 fully saturated rings. The van der Waals surface area contributed by atoms with Crippen molar-refractivity contribution in [3.8, 4) is 17.1 Å². The molecule has 1 amide bonds. The van der Waals surface area contributed by atoms with Gasteiger partial charge in [-0.05, 0) is 36.8 Å². The van der Waals surface area contributed by atoms with Gasteiger partial charge >= 0.3 is 0 Å². The van der Waals surface area contributed by atoms with E-state index in [1.165, 1.54) is 0 Å². The fourth-order valence-electron chi connectivity index (χ4n) is 2.95. The van der Waals surface area contributed by atoms with Gasteiger partial charge in [-0.3, -0.25) is 4.79 Å². The molecule has 4 rings (SSSR count). The predicted octanol–water partition coefficient (Wildman–Crippen LogP) is 2.88. The summed E-state index contributed by atoms with van der Waals surface area (Å²) in [6.07, 6.45) is 0. The highest BCUT2D eigenvalue weighted by Gasteiger charge is 2.27. The van der Waals surface area contributed by atoms with Crippen LogP contribution < -0.4 is 15.8 Å². The molecular weight excluding hydrogens is 292 g/mol. The zero-order chi connectivity index (χ0) is 16.1. The maximum absolute atomic E-state index is 11.8. The molecule has 1 unspecified atom stereocenters. The normalized spacial score (nSPS) is 16.4.